The Balaban J connectivity index is 3.53. The Labute approximate surface area is 57.2 Å². The lowest BCUT2D eigenvalue weighted by molar-refractivity contribution is -0.139. The van der Waals surface area contributed by atoms with Crippen LogP contribution in [-0.2, 0) is 9.53 Å². The largest absolute Gasteiger partial charge is 0.506 e. The van der Waals surface area contributed by atoms with Crippen LogP contribution in [0.1, 0.15) is 13.3 Å². The summed E-state index contributed by atoms with van der Waals surface area (Å²) in [5.41, 5.74) is 0. The minimum absolute atomic E-state index is 0.299. The molecule has 10 heavy (non-hydrogen) atoms. The third-order valence-electron chi connectivity index (χ3n) is 0.764. The molecule has 0 spiro atoms. The van der Waals surface area contributed by atoms with Crippen LogP contribution in [0.4, 0.5) is 4.79 Å². The monoisotopic (exact) mass is 148 g/mol. The summed E-state index contributed by atoms with van der Waals surface area (Å²) in [5, 5.41) is 16.1. The van der Waals surface area contributed by atoms with Crippen LogP contribution in [0.15, 0.2) is 0 Å². The molecule has 0 saturated heterocycles. The van der Waals surface area contributed by atoms with Crippen molar-refractivity contribution in [2.45, 2.75) is 19.4 Å². The quantitative estimate of drug-likeness (QED) is 0.571. The van der Waals surface area contributed by atoms with Gasteiger partial charge in [-0.15, -0.1) is 0 Å². The van der Waals surface area contributed by atoms with Gasteiger partial charge in [-0.05, 0) is 6.92 Å². The number of carboxylic acid groups (broad SMARTS) is 2. The zero-order valence-electron chi connectivity index (χ0n) is 5.40. The van der Waals surface area contributed by atoms with E-state index < -0.39 is 18.2 Å². The topological polar surface area (TPSA) is 83.8 Å². The summed E-state index contributed by atoms with van der Waals surface area (Å²) < 4.78 is 4.10. The maximum absolute atomic E-state index is 9.92. The summed E-state index contributed by atoms with van der Waals surface area (Å²) in [6.07, 6.45) is -2.53. The Kier molecular flexibility index (Phi) is 3.24. The lowest BCUT2D eigenvalue weighted by Crippen LogP contribution is -2.16. The second-order valence-electron chi connectivity index (χ2n) is 1.79. The molecule has 0 aliphatic rings. The maximum Gasteiger partial charge on any atom is 0.506 e. The molecule has 0 heterocycles. The Morgan fingerprint density at radius 3 is 2.30 bits per heavy atom. The van der Waals surface area contributed by atoms with Crippen LogP contribution in [0.25, 0.3) is 0 Å². The fraction of sp³-hybridized carbons (Fsp3) is 0.600. The van der Waals surface area contributed by atoms with Gasteiger partial charge in [0.05, 0.1) is 6.42 Å². The first kappa shape index (κ1) is 8.74. The van der Waals surface area contributed by atoms with E-state index in [1.165, 1.54) is 6.92 Å². The van der Waals surface area contributed by atoms with Crippen molar-refractivity contribution in [3.05, 3.63) is 0 Å². The Morgan fingerprint density at radius 1 is 1.50 bits per heavy atom. The first-order valence-corrected chi connectivity index (χ1v) is 2.63. The molecule has 0 aliphatic heterocycles. The number of aliphatic carboxylic acids is 1. The molecule has 5 heteroatoms. The third-order valence-corrected chi connectivity index (χ3v) is 0.764. The van der Waals surface area contributed by atoms with Gasteiger partial charge in [-0.3, -0.25) is 4.79 Å². The Morgan fingerprint density at radius 2 is 2.00 bits per heavy atom. The molecular weight excluding hydrogens is 140 g/mol. The van der Waals surface area contributed by atoms with E-state index in [9.17, 15) is 9.59 Å². The summed E-state index contributed by atoms with van der Waals surface area (Å²) in [6.45, 7) is 1.38. The molecule has 0 bridgehead atoms. The van der Waals surface area contributed by atoms with Crippen LogP contribution in [0.2, 0.25) is 0 Å². The highest BCUT2D eigenvalue weighted by atomic mass is 16.7. The van der Waals surface area contributed by atoms with E-state index in [1.54, 1.807) is 0 Å². The van der Waals surface area contributed by atoms with E-state index in [0.717, 1.165) is 0 Å². The molecule has 0 radical (unpaired) electrons. The normalized spacial score (nSPS) is 12.1. The van der Waals surface area contributed by atoms with Crippen molar-refractivity contribution in [3.63, 3.8) is 0 Å². The van der Waals surface area contributed by atoms with Gasteiger partial charge in [0.1, 0.15) is 6.10 Å². The average Bonchev–Trinajstić information content (AvgIpc) is 1.58. The van der Waals surface area contributed by atoms with Crippen LogP contribution < -0.4 is 0 Å². The highest BCUT2D eigenvalue weighted by Gasteiger charge is 2.10. The number of hydrogen-bond acceptors (Lipinski definition) is 3. The predicted molar refractivity (Wildman–Crippen MR) is 30.8 cm³/mol. The van der Waals surface area contributed by atoms with Gasteiger partial charge in [-0.1, -0.05) is 0 Å². The van der Waals surface area contributed by atoms with Crippen molar-refractivity contribution in [2.75, 3.05) is 0 Å². The molecule has 58 valence electrons. The minimum atomic E-state index is -1.45. The number of carboxylic acids is 1. The third kappa shape index (κ3) is 4.89. The Hall–Kier alpha value is -1.26. The maximum atomic E-state index is 9.92. The lowest BCUT2D eigenvalue weighted by atomic mass is 10.3. The zero-order chi connectivity index (χ0) is 8.15. The van der Waals surface area contributed by atoms with Crippen molar-refractivity contribution >= 4 is 12.1 Å². The van der Waals surface area contributed by atoms with Gasteiger partial charge < -0.3 is 14.9 Å². The second kappa shape index (κ2) is 3.71. The smallest absolute Gasteiger partial charge is 0.481 e. The lowest BCUT2D eigenvalue weighted by Gasteiger charge is -2.05. The molecule has 2 N–H and O–H groups in total. The zero-order valence-corrected chi connectivity index (χ0v) is 5.40. The second-order valence-corrected chi connectivity index (χ2v) is 1.79. The van der Waals surface area contributed by atoms with E-state index in [1.807, 2.05) is 0 Å². The summed E-state index contributed by atoms with van der Waals surface area (Å²) in [7, 11) is 0. The number of carbonyl (C=O) groups is 2. The van der Waals surface area contributed by atoms with Gasteiger partial charge >= 0.3 is 12.1 Å². The molecule has 1 atom stereocenters. The molecule has 1 unspecified atom stereocenters. The molecule has 0 aromatic heterocycles. The molecular formula is C5H8O5. The molecule has 0 fully saturated rings. The first-order chi connectivity index (χ1) is 4.52. The standard InChI is InChI=1S/C5H8O5/c1-3(2-4(6)7)10-5(8)9/h3H,2H2,1H3,(H,6,7)(H,8,9). The van der Waals surface area contributed by atoms with Crippen LogP contribution in [-0.4, -0.2) is 28.4 Å². The first-order valence-electron chi connectivity index (χ1n) is 2.63. The molecule has 0 aliphatic carbocycles. The molecule has 0 amide bonds. The molecule has 0 aromatic rings. The predicted octanol–water partition coefficient (Wildman–Crippen LogP) is 0.544. The number of rotatable bonds is 3. The van der Waals surface area contributed by atoms with Crippen molar-refractivity contribution in [1.29, 1.82) is 0 Å². The van der Waals surface area contributed by atoms with Crippen molar-refractivity contribution in [3.8, 4) is 0 Å². The highest BCUT2D eigenvalue weighted by molar-refractivity contribution is 5.68. The number of hydrogen-bond donors (Lipinski definition) is 2. The molecule has 0 rings (SSSR count). The Bertz CT molecular complexity index is 125. The summed E-state index contributed by atoms with van der Waals surface area (Å²) >= 11 is 0. The van der Waals surface area contributed by atoms with Gasteiger partial charge in [0.2, 0.25) is 0 Å². The van der Waals surface area contributed by atoms with E-state index in [4.69, 9.17) is 10.2 Å². The van der Waals surface area contributed by atoms with E-state index >= 15 is 0 Å². The van der Waals surface area contributed by atoms with Crippen molar-refractivity contribution in [1.82, 2.24) is 0 Å². The van der Waals surface area contributed by atoms with E-state index in [0.29, 0.717) is 0 Å². The van der Waals surface area contributed by atoms with Crippen LogP contribution in [0.5, 0.6) is 0 Å². The van der Waals surface area contributed by atoms with E-state index in [2.05, 4.69) is 4.74 Å². The van der Waals surface area contributed by atoms with Gasteiger partial charge in [0.15, 0.2) is 0 Å². The molecule has 0 saturated carbocycles. The highest BCUT2D eigenvalue weighted by Crippen LogP contribution is 1.96. The van der Waals surface area contributed by atoms with Crippen LogP contribution in [0, 0.1) is 0 Å². The van der Waals surface area contributed by atoms with Crippen molar-refractivity contribution < 1.29 is 24.5 Å². The van der Waals surface area contributed by atoms with Gasteiger partial charge in [-0.2, -0.15) is 0 Å². The van der Waals surface area contributed by atoms with Crippen LogP contribution in [0.3, 0.4) is 0 Å². The fourth-order valence-corrected chi connectivity index (χ4v) is 0.460. The minimum Gasteiger partial charge on any atom is -0.481 e. The molecule has 5 nitrogen and oxygen atoms in total. The van der Waals surface area contributed by atoms with E-state index in [-0.39, 0.29) is 6.42 Å². The summed E-state index contributed by atoms with van der Waals surface area (Å²) in [6, 6.07) is 0. The average molecular weight is 148 g/mol. The van der Waals surface area contributed by atoms with Gasteiger partial charge in [0.25, 0.3) is 0 Å². The molecule has 0 aromatic carbocycles. The summed E-state index contributed by atoms with van der Waals surface area (Å²) in [5.74, 6) is -1.08. The van der Waals surface area contributed by atoms with Gasteiger partial charge in [-0.25, -0.2) is 4.79 Å². The van der Waals surface area contributed by atoms with Gasteiger partial charge in [0, 0.05) is 0 Å². The fourth-order valence-electron chi connectivity index (χ4n) is 0.460. The van der Waals surface area contributed by atoms with Crippen molar-refractivity contribution in [2.24, 2.45) is 0 Å². The number of ether oxygens (including phenoxy) is 1. The SMILES string of the molecule is CC(CC(=O)O)OC(=O)O. The summed E-state index contributed by atoms with van der Waals surface area (Å²) in [4.78, 5) is 19.7. The van der Waals surface area contributed by atoms with Crippen LogP contribution >= 0.6 is 0 Å².